The normalized spacial score (nSPS) is 10.2. The Bertz CT molecular complexity index is 1030. The molecule has 0 aromatic heterocycles. The van der Waals surface area contributed by atoms with Gasteiger partial charge in [-0.25, -0.2) is 11.1 Å². The molecule has 0 aliphatic carbocycles. The number of hydrogen-bond donors (Lipinski definition) is 0. The number of anilines is 1. The van der Waals surface area contributed by atoms with E-state index in [0.717, 1.165) is 16.8 Å². The predicted octanol–water partition coefficient (Wildman–Crippen LogP) is 6.35. The van der Waals surface area contributed by atoms with E-state index in [1.807, 2.05) is 18.2 Å². The molecule has 2 heteroatoms. The van der Waals surface area contributed by atoms with E-state index in [4.69, 9.17) is 0 Å². The third-order valence-electron chi connectivity index (χ3n) is 4.64. The van der Waals surface area contributed by atoms with Crippen molar-refractivity contribution in [2.75, 3.05) is 19.0 Å². The zero-order valence-electron chi connectivity index (χ0n) is 16.2. The minimum absolute atomic E-state index is 0. The molecule has 28 heavy (non-hydrogen) atoms. The second-order valence-corrected chi connectivity index (χ2v) is 6.72. The molecule has 0 unspecified atom stereocenters. The van der Waals surface area contributed by atoms with Gasteiger partial charge in [0.1, 0.15) is 0 Å². The SMILES string of the molecule is CN(C)c1[c-]c(-c2[c-]cccc2)cc(-c2ccccc2)c1-c1ccccc1.[Y]. The Morgan fingerprint density at radius 1 is 0.679 bits per heavy atom. The van der Waals surface area contributed by atoms with Crippen molar-refractivity contribution in [2.24, 2.45) is 0 Å². The summed E-state index contributed by atoms with van der Waals surface area (Å²) in [6.45, 7) is 0. The third kappa shape index (κ3) is 4.27. The topological polar surface area (TPSA) is 3.24 Å². The van der Waals surface area contributed by atoms with Crippen LogP contribution in [-0.4, -0.2) is 14.1 Å². The van der Waals surface area contributed by atoms with Gasteiger partial charge in [0, 0.05) is 46.8 Å². The fourth-order valence-electron chi connectivity index (χ4n) is 3.35. The van der Waals surface area contributed by atoms with E-state index in [1.54, 1.807) is 0 Å². The van der Waals surface area contributed by atoms with Gasteiger partial charge in [-0.15, -0.1) is 11.6 Å². The van der Waals surface area contributed by atoms with Crippen LogP contribution in [0.5, 0.6) is 0 Å². The third-order valence-corrected chi connectivity index (χ3v) is 4.64. The molecule has 135 valence electrons. The quantitative estimate of drug-likeness (QED) is 0.337. The molecular formula is C26H21NY-2. The van der Waals surface area contributed by atoms with Crippen LogP contribution in [0.4, 0.5) is 5.69 Å². The maximum Gasteiger partial charge on any atom is 0.00452 e. The van der Waals surface area contributed by atoms with Crippen LogP contribution in [0.25, 0.3) is 33.4 Å². The van der Waals surface area contributed by atoms with Gasteiger partial charge < -0.3 is 4.90 Å². The minimum Gasteiger partial charge on any atom is -0.394 e. The van der Waals surface area contributed by atoms with Crippen LogP contribution in [0.2, 0.25) is 0 Å². The molecule has 1 nitrogen and oxygen atoms in total. The van der Waals surface area contributed by atoms with Gasteiger partial charge in [-0.1, -0.05) is 77.5 Å². The first-order valence-electron chi connectivity index (χ1n) is 9.09. The van der Waals surface area contributed by atoms with Crippen molar-refractivity contribution in [3.63, 3.8) is 0 Å². The van der Waals surface area contributed by atoms with Crippen LogP contribution in [0, 0.1) is 12.1 Å². The molecule has 0 aliphatic rings. The standard InChI is InChI=1S/C26H21N.Y/c1-27(2)25-19-23(20-12-6-3-7-13-20)18-24(21-14-8-4-9-15-21)26(25)22-16-10-5-11-17-22;/h3-12,14-18H,1-2H3;/q-2;. The number of rotatable bonds is 4. The van der Waals surface area contributed by atoms with Crippen LogP contribution in [0.1, 0.15) is 0 Å². The first-order chi connectivity index (χ1) is 13.2. The van der Waals surface area contributed by atoms with Gasteiger partial charge in [0.15, 0.2) is 0 Å². The summed E-state index contributed by atoms with van der Waals surface area (Å²) in [5.41, 5.74) is 7.98. The average Bonchev–Trinajstić information content (AvgIpc) is 2.74. The summed E-state index contributed by atoms with van der Waals surface area (Å²) >= 11 is 0. The first-order valence-corrected chi connectivity index (χ1v) is 9.09. The van der Waals surface area contributed by atoms with Crippen molar-refractivity contribution in [1.82, 2.24) is 0 Å². The Morgan fingerprint density at radius 3 is 1.86 bits per heavy atom. The Balaban J connectivity index is 0.00000225. The van der Waals surface area contributed by atoms with Gasteiger partial charge in [0.25, 0.3) is 0 Å². The molecule has 0 saturated heterocycles. The zero-order valence-corrected chi connectivity index (χ0v) is 19.0. The zero-order chi connectivity index (χ0) is 18.6. The maximum absolute atomic E-state index is 3.63. The molecule has 0 atom stereocenters. The molecule has 0 heterocycles. The van der Waals surface area contributed by atoms with Crippen LogP contribution in [0.15, 0.2) is 91.0 Å². The number of benzene rings is 4. The van der Waals surface area contributed by atoms with Crippen LogP contribution in [0.3, 0.4) is 0 Å². The van der Waals surface area contributed by atoms with Crippen molar-refractivity contribution < 1.29 is 32.7 Å². The average molecular weight is 436 g/mol. The summed E-state index contributed by atoms with van der Waals surface area (Å²) in [6.07, 6.45) is 0. The van der Waals surface area contributed by atoms with Gasteiger partial charge in [0.05, 0.1) is 0 Å². The molecule has 0 N–H and O–H groups in total. The van der Waals surface area contributed by atoms with Crippen LogP contribution < -0.4 is 4.90 Å². The molecule has 0 spiro atoms. The summed E-state index contributed by atoms with van der Waals surface area (Å²) in [5, 5.41) is 0. The van der Waals surface area contributed by atoms with Crippen LogP contribution in [-0.2, 0) is 32.7 Å². The van der Waals surface area contributed by atoms with Crippen molar-refractivity contribution in [3.8, 4) is 33.4 Å². The van der Waals surface area contributed by atoms with E-state index >= 15 is 0 Å². The molecule has 4 aromatic carbocycles. The largest absolute Gasteiger partial charge is 0.394 e. The van der Waals surface area contributed by atoms with E-state index in [1.165, 1.54) is 22.3 Å². The molecular weight excluding hydrogens is 415 g/mol. The Hall–Kier alpha value is -2.22. The van der Waals surface area contributed by atoms with Crippen molar-refractivity contribution in [2.45, 2.75) is 0 Å². The number of hydrogen-bond acceptors (Lipinski definition) is 1. The fraction of sp³-hybridized carbons (Fsp3) is 0.0769. The fourth-order valence-corrected chi connectivity index (χ4v) is 3.35. The molecule has 0 saturated carbocycles. The first kappa shape index (κ1) is 20.5. The van der Waals surface area contributed by atoms with Crippen molar-refractivity contribution in [3.05, 3.63) is 103 Å². The molecule has 0 aliphatic heterocycles. The summed E-state index contributed by atoms with van der Waals surface area (Å²) < 4.78 is 0. The Morgan fingerprint density at radius 2 is 1.29 bits per heavy atom. The van der Waals surface area contributed by atoms with E-state index in [-0.39, 0.29) is 32.7 Å². The summed E-state index contributed by atoms with van der Waals surface area (Å²) in [4.78, 5) is 2.14. The summed E-state index contributed by atoms with van der Waals surface area (Å²) in [5.74, 6) is 0. The minimum atomic E-state index is 0. The molecule has 0 amide bonds. The molecule has 0 bridgehead atoms. The predicted molar refractivity (Wildman–Crippen MR) is 115 cm³/mol. The molecule has 0 fully saturated rings. The summed E-state index contributed by atoms with van der Waals surface area (Å²) in [6, 6.07) is 38.4. The Labute approximate surface area is 192 Å². The van der Waals surface area contributed by atoms with Crippen molar-refractivity contribution in [1.29, 1.82) is 0 Å². The van der Waals surface area contributed by atoms with Crippen LogP contribution >= 0.6 is 0 Å². The van der Waals surface area contributed by atoms with Gasteiger partial charge in [0.2, 0.25) is 0 Å². The van der Waals surface area contributed by atoms with E-state index < -0.39 is 0 Å². The second-order valence-electron chi connectivity index (χ2n) is 6.72. The smallest absolute Gasteiger partial charge is 0.00452 e. The van der Waals surface area contributed by atoms with E-state index in [2.05, 4.69) is 104 Å². The molecule has 1 radical (unpaired) electrons. The molecule has 4 aromatic rings. The molecule has 4 rings (SSSR count). The van der Waals surface area contributed by atoms with Gasteiger partial charge >= 0.3 is 0 Å². The van der Waals surface area contributed by atoms with E-state index in [9.17, 15) is 0 Å². The Kier molecular flexibility index (Phi) is 6.83. The van der Waals surface area contributed by atoms with Gasteiger partial charge in [-0.2, -0.15) is 36.4 Å². The monoisotopic (exact) mass is 436 g/mol. The number of nitrogens with zero attached hydrogens (tertiary/aromatic N) is 1. The second kappa shape index (κ2) is 9.32. The van der Waals surface area contributed by atoms with Crippen molar-refractivity contribution >= 4 is 5.69 Å². The van der Waals surface area contributed by atoms with Gasteiger partial charge in [-0.3, -0.25) is 0 Å². The van der Waals surface area contributed by atoms with Gasteiger partial charge in [-0.05, 0) is 5.56 Å². The maximum atomic E-state index is 3.63. The van der Waals surface area contributed by atoms with E-state index in [0.29, 0.717) is 0 Å². The summed E-state index contributed by atoms with van der Waals surface area (Å²) in [7, 11) is 4.15.